The van der Waals surface area contributed by atoms with Crippen molar-refractivity contribution in [2.75, 3.05) is 32.8 Å². The van der Waals surface area contributed by atoms with Gasteiger partial charge in [-0.2, -0.15) is 5.10 Å². The normalized spacial score (nSPS) is 17.4. The fourth-order valence-corrected chi connectivity index (χ4v) is 3.49. The zero-order valence-electron chi connectivity index (χ0n) is 16.1. The van der Waals surface area contributed by atoms with E-state index >= 15 is 0 Å². The molecule has 6 nitrogen and oxygen atoms in total. The van der Waals surface area contributed by atoms with Crippen molar-refractivity contribution in [3.63, 3.8) is 0 Å². The molecular formula is C19H26BrFIN5O. The molecular weight excluding hydrogens is 540 g/mol. The van der Waals surface area contributed by atoms with Crippen molar-refractivity contribution in [3.8, 4) is 0 Å². The van der Waals surface area contributed by atoms with Crippen LogP contribution in [0.4, 0.5) is 4.39 Å². The van der Waals surface area contributed by atoms with Crippen molar-refractivity contribution >= 4 is 45.9 Å². The van der Waals surface area contributed by atoms with E-state index in [0.29, 0.717) is 17.6 Å². The van der Waals surface area contributed by atoms with Crippen LogP contribution in [0.25, 0.3) is 0 Å². The molecule has 1 saturated heterocycles. The van der Waals surface area contributed by atoms with Crippen molar-refractivity contribution in [2.45, 2.75) is 19.4 Å². The van der Waals surface area contributed by atoms with Crippen LogP contribution in [0.3, 0.4) is 0 Å². The summed E-state index contributed by atoms with van der Waals surface area (Å²) in [5.41, 5.74) is 2.13. The second-order valence-electron chi connectivity index (χ2n) is 6.49. The number of benzene rings is 1. The fraction of sp³-hybridized carbons (Fsp3) is 0.474. The lowest BCUT2D eigenvalue weighted by Gasteiger charge is -2.34. The molecule has 1 aliphatic rings. The highest BCUT2D eigenvalue weighted by Gasteiger charge is 2.25. The molecule has 0 spiro atoms. The number of halogens is 3. The molecule has 0 bridgehead atoms. The van der Waals surface area contributed by atoms with Crippen LogP contribution in [0.5, 0.6) is 0 Å². The molecule has 1 fully saturated rings. The molecule has 0 aliphatic carbocycles. The zero-order valence-corrected chi connectivity index (χ0v) is 20.0. The predicted molar refractivity (Wildman–Crippen MR) is 123 cm³/mol. The number of aliphatic imine (C=N–C) groups is 1. The Morgan fingerprint density at radius 3 is 2.96 bits per heavy atom. The Hall–Kier alpha value is -1.20. The quantitative estimate of drug-likeness (QED) is 0.342. The molecule has 3 rings (SSSR count). The highest BCUT2D eigenvalue weighted by molar-refractivity contribution is 14.0. The average Bonchev–Trinajstić information content (AvgIpc) is 3.10. The van der Waals surface area contributed by atoms with E-state index in [0.717, 1.165) is 43.1 Å². The second-order valence-corrected chi connectivity index (χ2v) is 7.34. The predicted octanol–water partition coefficient (Wildman–Crippen LogP) is 3.52. The molecule has 2 heterocycles. The molecule has 28 heavy (non-hydrogen) atoms. The Bertz CT molecular complexity index is 800. The summed E-state index contributed by atoms with van der Waals surface area (Å²) < 4.78 is 21.6. The van der Waals surface area contributed by atoms with E-state index in [4.69, 9.17) is 9.73 Å². The van der Waals surface area contributed by atoms with E-state index in [1.807, 2.05) is 25.5 Å². The minimum atomic E-state index is -0.245. The second kappa shape index (κ2) is 11.1. The lowest BCUT2D eigenvalue weighted by Crippen LogP contribution is -2.48. The lowest BCUT2D eigenvalue weighted by molar-refractivity contribution is -0.00803. The van der Waals surface area contributed by atoms with Gasteiger partial charge in [-0.1, -0.05) is 6.07 Å². The third-order valence-corrected chi connectivity index (χ3v) is 5.05. The van der Waals surface area contributed by atoms with Crippen molar-refractivity contribution < 1.29 is 9.13 Å². The Kier molecular flexibility index (Phi) is 9.16. The lowest BCUT2D eigenvalue weighted by atomic mass is 10.1. The van der Waals surface area contributed by atoms with Gasteiger partial charge in [-0.05, 0) is 47.0 Å². The third-order valence-electron chi connectivity index (χ3n) is 4.44. The SMILES string of the molecule is CCNC(=NCCc1ccc(F)c(Br)c1)N1CCOC(c2cnn(C)c2)C1.I. The number of nitrogens with one attached hydrogen (secondary N) is 1. The van der Waals surface area contributed by atoms with Crippen LogP contribution < -0.4 is 5.32 Å². The number of ether oxygens (including phenoxy) is 1. The van der Waals surface area contributed by atoms with Gasteiger partial charge in [-0.25, -0.2) is 4.39 Å². The molecule has 0 radical (unpaired) electrons. The first-order chi connectivity index (χ1) is 13.1. The van der Waals surface area contributed by atoms with E-state index in [1.165, 1.54) is 6.07 Å². The summed E-state index contributed by atoms with van der Waals surface area (Å²) in [6.45, 7) is 5.68. The number of morpholine rings is 1. The molecule has 2 aromatic rings. The summed E-state index contributed by atoms with van der Waals surface area (Å²) >= 11 is 3.23. The molecule has 1 N–H and O–H groups in total. The molecule has 1 aromatic carbocycles. The summed E-state index contributed by atoms with van der Waals surface area (Å²) in [5.74, 6) is 0.640. The van der Waals surface area contributed by atoms with E-state index in [9.17, 15) is 4.39 Å². The maximum Gasteiger partial charge on any atom is 0.194 e. The summed E-state index contributed by atoms with van der Waals surface area (Å²) in [4.78, 5) is 6.99. The molecule has 1 atom stereocenters. The number of rotatable bonds is 5. The van der Waals surface area contributed by atoms with E-state index in [1.54, 1.807) is 10.7 Å². The van der Waals surface area contributed by atoms with Gasteiger partial charge in [0.1, 0.15) is 11.9 Å². The monoisotopic (exact) mass is 565 g/mol. The van der Waals surface area contributed by atoms with Gasteiger partial charge in [-0.15, -0.1) is 24.0 Å². The van der Waals surface area contributed by atoms with E-state index in [2.05, 4.69) is 38.2 Å². The Morgan fingerprint density at radius 2 is 2.29 bits per heavy atom. The minimum absolute atomic E-state index is 0. The first kappa shape index (κ1) is 23.1. The number of hydrogen-bond acceptors (Lipinski definition) is 3. The van der Waals surface area contributed by atoms with Crippen LogP contribution in [0, 0.1) is 5.82 Å². The number of aromatic nitrogens is 2. The number of hydrogen-bond donors (Lipinski definition) is 1. The number of nitrogens with zero attached hydrogens (tertiary/aromatic N) is 4. The van der Waals surface area contributed by atoms with Gasteiger partial charge in [0, 0.05) is 38.4 Å². The Labute approximate surface area is 190 Å². The molecule has 0 amide bonds. The molecule has 1 aromatic heterocycles. The van der Waals surface area contributed by atoms with Crippen LogP contribution in [0.1, 0.15) is 24.2 Å². The zero-order chi connectivity index (χ0) is 19.2. The van der Waals surface area contributed by atoms with Gasteiger partial charge in [0.05, 0.1) is 23.8 Å². The first-order valence-corrected chi connectivity index (χ1v) is 9.93. The third kappa shape index (κ3) is 6.15. The van der Waals surface area contributed by atoms with Gasteiger partial charge in [0.25, 0.3) is 0 Å². The summed E-state index contributed by atoms with van der Waals surface area (Å²) in [7, 11) is 1.91. The van der Waals surface area contributed by atoms with Crippen LogP contribution in [-0.4, -0.2) is 53.4 Å². The standard InChI is InChI=1S/C19H25BrFN5O.HI/c1-3-22-19(23-7-6-14-4-5-17(21)16(20)10-14)26-8-9-27-18(13-26)15-11-24-25(2)12-15;/h4-5,10-12,18H,3,6-9,13H2,1-2H3,(H,22,23);1H. The topological polar surface area (TPSA) is 54.7 Å². The number of guanidine groups is 1. The van der Waals surface area contributed by atoms with Crippen molar-refractivity contribution in [2.24, 2.45) is 12.0 Å². The van der Waals surface area contributed by atoms with Crippen molar-refractivity contribution in [1.29, 1.82) is 0 Å². The van der Waals surface area contributed by atoms with Gasteiger partial charge in [0.2, 0.25) is 0 Å². The summed E-state index contributed by atoms with van der Waals surface area (Å²) in [6, 6.07) is 5.09. The molecule has 154 valence electrons. The Balaban J connectivity index is 0.00000280. The summed E-state index contributed by atoms with van der Waals surface area (Å²) in [5, 5.41) is 7.60. The van der Waals surface area contributed by atoms with E-state index in [-0.39, 0.29) is 35.9 Å². The fourth-order valence-electron chi connectivity index (χ4n) is 3.06. The van der Waals surface area contributed by atoms with Crippen LogP contribution in [-0.2, 0) is 18.2 Å². The van der Waals surface area contributed by atoms with Gasteiger partial charge >= 0.3 is 0 Å². The number of aryl methyl sites for hydroxylation is 1. The van der Waals surface area contributed by atoms with Gasteiger partial charge in [-0.3, -0.25) is 9.67 Å². The molecule has 9 heteroatoms. The molecule has 1 aliphatic heterocycles. The molecule has 0 saturated carbocycles. The van der Waals surface area contributed by atoms with Crippen LogP contribution in [0.2, 0.25) is 0 Å². The highest BCUT2D eigenvalue weighted by Crippen LogP contribution is 2.22. The smallest absolute Gasteiger partial charge is 0.194 e. The van der Waals surface area contributed by atoms with Gasteiger partial charge < -0.3 is 15.0 Å². The maximum atomic E-state index is 13.4. The Morgan fingerprint density at radius 1 is 1.46 bits per heavy atom. The largest absolute Gasteiger partial charge is 0.370 e. The van der Waals surface area contributed by atoms with Crippen molar-refractivity contribution in [3.05, 3.63) is 52.0 Å². The maximum absolute atomic E-state index is 13.4. The van der Waals surface area contributed by atoms with E-state index < -0.39 is 0 Å². The minimum Gasteiger partial charge on any atom is -0.370 e. The van der Waals surface area contributed by atoms with Crippen LogP contribution >= 0.6 is 39.9 Å². The summed E-state index contributed by atoms with van der Waals surface area (Å²) in [6.07, 6.45) is 4.59. The first-order valence-electron chi connectivity index (χ1n) is 9.14. The van der Waals surface area contributed by atoms with Gasteiger partial charge in [0.15, 0.2) is 5.96 Å². The van der Waals surface area contributed by atoms with Crippen LogP contribution in [0.15, 0.2) is 40.1 Å². The molecule has 1 unspecified atom stereocenters. The van der Waals surface area contributed by atoms with Crippen molar-refractivity contribution in [1.82, 2.24) is 20.0 Å². The highest BCUT2D eigenvalue weighted by atomic mass is 127. The average molecular weight is 566 g/mol.